The third-order valence-electron chi connectivity index (χ3n) is 6.14. The van der Waals surface area contributed by atoms with Gasteiger partial charge in [-0.1, -0.05) is 8.67 Å². The summed E-state index contributed by atoms with van der Waals surface area (Å²) in [5.41, 5.74) is -9.70. The van der Waals surface area contributed by atoms with Crippen molar-refractivity contribution in [2.24, 2.45) is 0 Å². The van der Waals surface area contributed by atoms with Crippen LogP contribution in [0.1, 0.15) is 18.1 Å². The van der Waals surface area contributed by atoms with Gasteiger partial charge in [0.1, 0.15) is 0 Å². The van der Waals surface area contributed by atoms with E-state index in [9.17, 15) is 48.0 Å². The summed E-state index contributed by atoms with van der Waals surface area (Å²) in [5.74, 6) is 0.709. The van der Waals surface area contributed by atoms with Gasteiger partial charge < -0.3 is 0 Å². The molecular weight excluding hydrogens is 1120 g/mol. The summed E-state index contributed by atoms with van der Waals surface area (Å²) in [6.07, 6.45) is 12.2. The summed E-state index contributed by atoms with van der Waals surface area (Å²) in [7, 11) is -11.5. The van der Waals surface area contributed by atoms with Crippen LogP contribution in [0.25, 0.3) is 0 Å². The van der Waals surface area contributed by atoms with Crippen LogP contribution in [-0.2, 0) is 36.8 Å². The van der Waals surface area contributed by atoms with Crippen LogP contribution in [0.3, 0.4) is 0 Å². The first-order chi connectivity index (χ1) is 28.0. The molecule has 0 aliphatic rings. The van der Waals surface area contributed by atoms with Gasteiger partial charge >= 0.3 is 250 Å². The quantitative estimate of drug-likeness (QED) is 0.0350. The summed E-state index contributed by atoms with van der Waals surface area (Å²) >= 11 is 6.10. The minimum absolute atomic E-state index is 0.174. The molecule has 3 heterocycles. The number of halogens is 10. The first kappa shape index (κ1) is 54.6. The Morgan fingerprint density at radius 1 is 0.667 bits per heavy atom. The van der Waals surface area contributed by atoms with Gasteiger partial charge in [-0.05, 0) is 24.6 Å². The van der Waals surface area contributed by atoms with E-state index in [4.69, 9.17) is 31.0 Å². The number of carbonyl (C=O) groups is 1. The molecule has 2 aromatic carbocycles. The summed E-state index contributed by atoms with van der Waals surface area (Å²) in [5, 5.41) is 0.194. The number of rotatable bonds is 9. The second-order valence-electron chi connectivity index (χ2n) is 10.7. The molecular formula is C36H39Cl2F6I2N3O9S2+2. The van der Waals surface area contributed by atoms with Crippen molar-refractivity contribution < 1.29 is 70.0 Å². The third-order valence-corrected chi connectivity index (χ3v) is 16.8. The Kier molecular flexibility index (Phi) is 24.4. The average Bonchev–Trinajstić information content (AvgIpc) is 3.19. The zero-order valence-electron chi connectivity index (χ0n) is 32.0. The molecule has 0 spiro atoms. The molecule has 5 aromatic rings. The van der Waals surface area contributed by atoms with Crippen molar-refractivity contribution in [3.8, 4) is 5.75 Å². The molecule has 12 nitrogen and oxygen atoms in total. The Morgan fingerprint density at radius 2 is 1.03 bits per heavy atom. The van der Waals surface area contributed by atoms with Gasteiger partial charge in [0.05, 0.1) is 5.34 Å². The fourth-order valence-electron chi connectivity index (χ4n) is 3.46. The molecule has 0 saturated heterocycles. The minimum Gasteiger partial charge on any atom is -0.265 e. The maximum atomic E-state index is 11.4. The Bertz CT molecular complexity index is 2160. The van der Waals surface area contributed by atoms with E-state index >= 15 is 0 Å². The minimum atomic E-state index is -6.59. The second-order valence-corrected chi connectivity index (χ2v) is 23.5. The van der Waals surface area contributed by atoms with Crippen LogP contribution in [0.5, 0.6) is 5.75 Å². The first-order valence-electron chi connectivity index (χ1n) is 16.1. The summed E-state index contributed by atoms with van der Waals surface area (Å²) in [6, 6.07) is 32.9. The monoisotopic (exact) mass is 1160 g/mol. The zero-order chi connectivity index (χ0) is 45.6. The molecule has 0 unspecified atom stereocenters. The van der Waals surface area contributed by atoms with Crippen molar-refractivity contribution in [1.82, 2.24) is 4.98 Å². The maximum Gasteiger partial charge on any atom is 0.525 e. The molecule has 5 rings (SSSR count). The number of alkyl halides is 9. The van der Waals surface area contributed by atoms with E-state index in [1.54, 1.807) is 19.5 Å². The van der Waals surface area contributed by atoms with Gasteiger partial charge in [-0.15, -0.1) is 23.2 Å². The van der Waals surface area contributed by atoms with Crippen molar-refractivity contribution >= 4 is 90.0 Å². The molecule has 0 saturated carbocycles. The number of ether oxygens (including phenoxy) is 1. The fraction of sp³-hybridized carbons (Fsp3) is 0.222. The van der Waals surface area contributed by atoms with Crippen molar-refractivity contribution in [3.63, 3.8) is 0 Å². The van der Waals surface area contributed by atoms with Gasteiger partial charge in [-0.25, -0.2) is 0 Å². The molecule has 0 N–H and O–H groups in total. The van der Waals surface area contributed by atoms with Crippen LogP contribution in [0.15, 0.2) is 134 Å². The Morgan fingerprint density at radius 3 is 1.37 bits per heavy atom. The maximum absolute atomic E-state index is 11.4. The predicted octanol–water partition coefficient (Wildman–Crippen LogP) is 9.10. The number of methoxy groups -OCH3 is 1. The number of hydrogen-bond donors (Lipinski definition) is 0. The van der Waals surface area contributed by atoms with E-state index in [2.05, 4.69) is 93.4 Å². The number of nitrogens with zero attached hydrogens (tertiary/aromatic N) is 3. The van der Waals surface area contributed by atoms with Crippen LogP contribution in [-0.4, -0.2) is 56.2 Å². The summed E-state index contributed by atoms with van der Waals surface area (Å²) in [4.78, 5) is 16.5. The van der Waals surface area contributed by atoms with Crippen molar-refractivity contribution in [2.45, 2.75) is 31.8 Å². The van der Waals surface area contributed by atoms with Crippen molar-refractivity contribution in [3.05, 3.63) is 153 Å². The van der Waals surface area contributed by atoms with Crippen LogP contribution >= 0.6 is 63.8 Å². The molecule has 60 heavy (non-hydrogen) atoms. The SMILES string of the molecule is CC(=O)OI(C)c1ccccc1.COc1cc[n+](I(c2ccccc2)[n+]2ccc(C)cc2)cc1.Cc1ccncc1.ClCCl.O=S(=O)(OOS(=O)(=O)C(F)(F)F)C(F)(F)F. The molecule has 0 atom stereocenters. The largest absolute Gasteiger partial charge is 0.525 e. The topological polar surface area (TPSA) is 143 Å². The summed E-state index contributed by atoms with van der Waals surface area (Å²) in [6.45, 7) is 5.62. The molecule has 332 valence electrons. The van der Waals surface area contributed by atoms with E-state index in [1.165, 1.54) is 25.2 Å². The van der Waals surface area contributed by atoms with E-state index in [1.807, 2.05) is 66.5 Å². The smallest absolute Gasteiger partial charge is 0.265 e. The molecule has 3 aromatic heterocycles. The van der Waals surface area contributed by atoms with E-state index in [0.717, 1.165) is 5.75 Å². The molecule has 0 aliphatic carbocycles. The van der Waals surface area contributed by atoms with E-state index in [-0.39, 0.29) is 11.3 Å². The molecule has 0 aliphatic heterocycles. The number of hydrogen-bond acceptors (Lipinski definition) is 10. The normalized spacial score (nSPS) is 11.6. The van der Waals surface area contributed by atoms with Crippen LogP contribution in [0.4, 0.5) is 26.3 Å². The molecule has 0 fully saturated rings. The molecule has 0 amide bonds. The Hall–Kier alpha value is -3.40. The number of aromatic nitrogens is 3. The average molecular weight is 1160 g/mol. The van der Waals surface area contributed by atoms with E-state index < -0.39 is 71.9 Å². The zero-order valence-corrected chi connectivity index (χ0v) is 39.5. The summed E-state index contributed by atoms with van der Waals surface area (Å²) < 4.78 is 130. The number of carbonyl (C=O) groups excluding carboxylic acids is 1. The van der Waals surface area contributed by atoms with Crippen LogP contribution < -0.4 is 10.3 Å². The number of benzene rings is 2. The van der Waals surface area contributed by atoms with Gasteiger partial charge in [0.25, 0.3) is 0 Å². The van der Waals surface area contributed by atoms with Gasteiger partial charge in [-0.2, -0.15) is 43.2 Å². The van der Waals surface area contributed by atoms with Gasteiger partial charge in [-0.3, -0.25) is 4.98 Å². The Labute approximate surface area is 369 Å². The first-order valence-corrected chi connectivity index (χ1v) is 27.1. The van der Waals surface area contributed by atoms with Crippen molar-refractivity contribution in [2.75, 3.05) is 17.4 Å². The number of aryl methyl sites for hydroxylation is 2. The van der Waals surface area contributed by atoms with Crippen LogP contribution in [0, 0.1) is 21.0 Å². The standard InChI is InChI=1S/C18H19IN2O.C9H11IO2.C6H7N.C2F6O6S2.CH2Cl2/c1-16-8-12-20(13-9-16)19(17-6-4-3-5-7-17)21-14-10-18(22-2)11-15-21;1-8(11)12-10(2)9-6-4-3-5-7-9;1-6-2-4-7-5-3-6;3-1(4,5)15(9,10)13-14-16(11,12)2(6,7)8;2-1-3/h3-15H,1-2H3;3-7H,1-2H3;2-5H,1H3;;1H2/q+2;;;;. The van der Waals surface area contributed by atoms with Gasteiger partial charge in [0.2, 0.25) is 0 Å². The number of pyridine rings is 3. The fourth-order valence-corrected chi connectivity index (χ4v) is 11.6. The second kappa shape index (κ2) is 26.8. The Balaban J connectivity index is 0.000000417. The molecule has 0 radical (unpaired) electrons. The molecule has 24 heteroatoms. The predicted molar refractivity (Wildman–Crippen MR) is 229 cm³/mol. The molecule has 0 bridgehead atoms. The van der Waals surface area contributed by atoms with Crippen molar-refractivity contribution in [1.29, 1.82) is 0 Å². The third kappa shape index (κ3) is 20.4. The van der Waals surface area contributed by atoms with Gasteiger partial charge in [0, 0.05) is 12.4 Å². The van der Waals surface area contributed by atoms with Crippen LogP contribution in [0.2, 0.25) is 0 Å². The van der Waals surface area contributed by atoms with E-state index in [0.29, 0.717) is 0 Å². The van der Waals surface area contributed by atoms with Gasteiger partial charge in [0.15, 0.2) is 0 Å².